The average molecular weight is 503 g/mol. The second-order valence-corrected chi connectivity index (χ2v) is 11.4. The van der Waals surface area contributed by atoms with Crippen molar-refractivity contribution < 1.29 is 4.55 Å². The molecule has 8 aromatic carbocycles. The van der Waals surface area contributed by atoms with E-state index in [1.807, 2.05) is 24.3 Å². The van der Waals surface area contributed by atoms with Gasteiger partial charge < -0.3 is 4.55 Å². The van der Waals surface area contributed by atoms with Gasteiger partial charge in [0.1, 0.15) is 0 Å². The van der Waals surface area contributed by atoms with E-state index in [2.05, 4.69) is 109 Å². The molecule has 0 heterocycles. The molecule has 2 heteroatoms. The molecule has 0 N–H and O–H groups in total. The molecule has 0 bridgehead atoms. The molecule has 0 spiro atoms. The maximum Gasteiger partial charge on any atom is 0.166 e. The van der Waals surface area contributed by atoms with Crippen molar-refractivity contribution in [2.75, 3.05) is 0 Å². The number of hydrogen-bond acceptors (Lipinski definition) is 1. The van der Waals surface area contributed by atoms with Crippen LogP contribution in [0.1, 0.15) is 0 Å². The molecule has 0 unspecified atom stereocenters. The molecule has 1 nitrogen and oxygen atoms in total. The lowest BCUT2D eigenvalue weighted by Crippen LogP contribution is -2.04. The van der Waals surface area contributed by atoms with Crippen LogP contribution in [0.5, 0.6) is 0 Å². The highest BCUT2D eigenvalue weighted by atomic mass is 32.2. The molecular weight excluding hydrogens is 480 g/mol. The van der Waals surface area contributed by atoms with Crippen LogP contribution in [0.15, 0.2) is 143 Å². The highest BCUT2D eigenvalue weighted by molar-refractivity contribution is 7.92. The lowest BCUT2D eigenvalue weighted by atomic mass is 9.98. The maximum absolute atomic E-state index is 14.3. The summed E-state index contributed by atoms with van der Waals surface area (Å²) in [6.45, 7) is 0. The van der Waals surface area contributed by atoms with E-state index in [1.165, 1.54) is 43.1 Å². The van der Waals surface area contributed by atoms with Crippen molar-refractivity contribution in [1.29, 1.82) is 0 Å². The fourth-order valence-corrected chi connectivity index (χ4v) is 7.34. The van der Waals surface area contributed by atoms with Gasteiger partial charge in [-0.3, -0.25) is 0 Å². The molecule has 178 valence electrons. The largest absolute Gasteiger partial charge is 0.606 e. The molecule has 0 aliphatic heterocycles. The van der Waals surface area contributed by atoms with Gasteiger partial charge in [0.05, 0.1) is 0 Å². The van der Waals surface area contributed by atoms with E-state index in [4.69, 9.17) is 0 Å². The predicted molar refractivity (Wildman–Crippen MR) is 163 cm³/mol. The van der Waals surface area contributed by atoms with Crippen LogP contribution in [-0.2, 0) is 11.2 Å². The zero-order valence-electron chi connectivity index (χ0n) is 20.5. The molecule has 0 aliphatic rings. The minimum atomic E-state index is -1.34. The summed E-state index contributed by atoms with van der Waals surface area (Å²) >= 11 is -1.34. The Morgan fingerprint density at radius 1 is 0.316 bits per heavy atom. The molecule has 0 aromatic heterocycles. The van der Waals surface area contributed by atoms with Gasteiger partial charge in [-0.15, -0.1) is 0 Å². The van der Waals surface area contributed by atoms with Crippen molar-refractivity contribution in [3.63, 3.8) is 0 Å². The second kappa shape index (κ2) is 8.32. The molecule has 8 aromatic rings. The molecular formula is C36H22OS. The number of hydrogen-bond donors (Lipinski definition) is 0. The third kappa shape index (κ3) is 3.24. The molecule has 8 rings (SSSR count). The van der Waals surface area contributed by atoms with Crippen molar-refractivity contribution >= 4 is 75.8 Å². The topological polar surface area (TPSA) is 23.1 Å². The Labute approximate surface area is 223 Å². The molecule has 0 radical (unpaired) electrons. The first-order valence-electron chi connectivity index (χ1n) is 12.8. The highest BCUT2D eigenvalue weighted by Crippen LogP contribution is 2.38. The van der Waals surface area contributed by atoms with Crippen LogP contribution in [0, 0.1) is 0 Å². The van der Waals surface area contributed by atoms with Crippen molar-refractivity contribution in [1.82, 2.24) is 0 Å². The molecule has 0 saturated heterocycles. The Kier molecular flexibility index (Phi) is 4.75. The summed E-state index contributed by atoms with van der Waals surface area (Å²) in [6.07, 6.45) is 0. The first kappa shape index (κ1) is 21.7. The van der Waals surface area contributed by atoms with E-state index < -0.39 is 11.2 Å². The molecule has 0 fully saturated rings. The number of fused-ring (bicyclic) bond motifs is 8. The van der Waals surface area contributed by atoms with Gasteiger partial charge in [-0.05, 0) is 102 Å². The Bertz CT molecular complexity index is 2050. The zero-order chi connectivity index (χ0) is 25.2. The first-order chi connectivity index (χ1) is 18.7. The monoisotopic (exact) mass is 502 g/mol. The number of rotatable bonds is 2. The summed E-state index contributed by atoms with van der Waals surface area (Å²) < 4.78 is 14.3. The molecule has 0 aliphatic carbocycles. The minimum Gasteiger partial charge on any atom is -0.606 e. The summed E-state index contributed by atoms with van der Waals surface area (Å²) in [4.78, 5) is 1.70. The van der Waals surface area contributed by atoms with E-state index in [1.54, 1.807) is 0 Å². The minimum absolute atomic E-state index is 0.851. The van der Waals surface area contributed by atoms with Crippen LogP contribution in [0.4, 0.5) is 0 Å². The molecule has 38 heavy (non-hydrogen) atoms. The lowest BCUT2D eigenvalue weighted by Gasteiger charge is -2.16. The molecule has 0 saturated carbocycles. The van der Waals surface area contributed by atoms with Gasteiger partial charge in [0.25, 0.3) is 0 Å². The fourth-order valence-electron chi connectivity index (χ4n) is 5.95. The van der Waals surface area contributed by atoms with E-state index in [0.717, 1.165) is 31.3 Å². The van der Waals surface area contributed by atoms with Crippen molar-refractivity contribution in [2.24, 2.45) is 0 Å². The lowest BCUT2D eigenvalue weighted by molar-refractivity contribution is 0.597. The van der Waals surface area contributed by atoms with Gasteiger partial charge in [-0.1, -0.05) is 84.9 Å². The quantitative estimate of drug-likeness (QED) is 0.131. The Balaban J connectivity index is 1.34. The summed E-state index contributed by atoms with van der Waals surface area (Å²) in [5.74, 6) is 0. The van der Waals surface area contributed by atoms with Crippen molar-refractivity contribution in [3.8, 4) is 0 Å². The van der Waals surface area contributed by atoms with Gasteiger partial charge in [-0.25, -0.2) is 0 Å². The summed E-state index contributed by atoms with van der Waals surface area (Å²) in [5, 5.41) is 14.0. The van der Waals surface area contributed by atoms with E-state index in [9.17, 15) is 4.55 Å². The van der Waals surface area contributed by atoms with E-state index in [-0.39, 0.29) is 0 Å². The van der Waals surface area contributed by atoms with Crippen LogP contribution >= 0.6 is 0 Å². The maximum atomic E-state index is 14.3. The van der Waals surface area contributed by atoms with Crippen molar-refractivity contribution in [2.45, 2.75) is 9.79 Å². The van der Waals surface area contributed by atoms with Crippen LogP contribution in [-0.4, -0.2) is 4.55 Å². The SMILES string of the molecule is [O-][S+](c1cccc2c1ccc1cc3ccccc3cc12)c1cccc2c1ccc1cc3ccccc3cc12. The standard InChI is InChI=1S/C36H22OS/c37-38(35-13-5-11-29-31(35)17-15-27-19-23-7-1-3-9-25(23)21-33(27)29)36-14-6-12-30-32(36)18-16-28-20-24-8-2-4-10-26(24)22-34(28)30/h1-22H. The van der Waals surface area contributed by atoms with E-state index in [0.29, 0.717) is 0 Å². The van der Waals surface area contributed by atoms with Gasteiger partial charge in [0, 0.05) is 21.9 Å². The van der Waals surface area contributed by atoms with Crippen molar-refractivity contribution in [3.05, 3.63) is 133 Å². The van der Waals surface area contributed by atoms with Gasteiger partial charge in [0.2, 0.25) is 0 Å². The Morgan fingerprint density at radius 3 is 1.18 bits per heavy atom. The van der Waals surface area contributed by atoms with Crippen LogP contribution < -0.4 is 0 Å². The Morgan fingerprint density at radius 2 is 0.737 bits per heavy atom. The average Bonchev–Trinajstić information content (AvgIpc) is 2.98. The zero-order valence-corrected chi connectivity index (χ0v) is 21.3. The van der Waals surface area contributed by atoms with Gasteiger partial charge in [0.15, 0.2) is 9.79 Å². The predicted octanol–water partition coefficient (Wildman–Crippen LogP) is 9.77. The van der Waals surface area contributed by atoms with Gasteiger partial charge in [-0.2, -0.15) is 0 Å². The van der Waals surface area contributed by atoms with Crippen LogP contribution in [0.2, 0.25) is 0 Å². The van der Waals surface area contributed by atoms with Gasteiger partial charge >= 0.3 is 0 Å². The summed E-state index contributed by atoms with van der Waals surface area (Å²) in [7, 11) is 0. The smallest absolute Gasteiger partial charge is 0.166 e. The molecule has 0 atom stereocenters. The molecule has 0 amide bonds. The van der Waals surface area contributed by atoms with Crippen LogP contribution in [0.3, 0.4) is 0 Å². The summed E-state index contributed by atoms with van der Waals surface area (Å²) in [6, 6.07) is 46.9. The highest BCUT2D eigenvalue weighted by Gasteiger charge is 2.22. The third-order valence-corrected chi connectivity index (χ3v) is 9.32. The first-order valence-corrected chi connectivity index (χ1v) is 14.0. The number of benzene rings is 8. The fraction of sp³-hybridized carbons (Fsp3) is 0. The Hall–Kier alpha value is -4.37. The van der Waals surface area contributed by atoms with E-state index >= 15 is 0 Å². The van der Waals surface area contributed by atoms with Crippen LogP contribution in [0.25, 0.3) is 64.6 Å². The summed E-state index contributed by atoms with van der Waals surface area (Å²) in [5.41, 5.74) is 0. The second-order valence-electron chi connectivity index (χ2n) is 9.94. The third-order valence-electron chi connectivity index (χ3n) is 7.81. The normalized spacial score (nSPS) is 12.1.